The fourth-order valence-corrected chi connectivity index (χ4v) is 2.51. The topological polar surface area (TPSA) is 60.2 Å². The maximum atomic E-state index is 13.9. The van der Waals surface area contributed by atoms with E-state index in [1.54, 1.807) is 4.68 Å². The fourth-order valence-electron chi connectivity index (χ4n) is 2.51. The summed E-state index contributed by atoms with van der Waals surface area (Å²) in [6.07, 6.45) is 2.68. The lowest BCUT2D eigenvalue weighted by Gasteiger charge is -2.12. The Balaban J connectivity index is 1.83. The van der Waals surface area contributed by atoms with Crippen molar-refractivity contribution in [2.75, 3.05) is 14.2 Å². The first-order valence-electron chi connectivity index (χ1n) is 6.52. The zero-order valence-electron chi connectivity index (χ0n) is 11.0. The Morgan fingerprint density at radius 2 is 2.32 bits per heavy atom. The number of carbonyl (C=O) groups excluding carboxylic acids is 1. The van der Waals surface area contributed by atoms with E-state index < -0.39 is 12.1 Å². The molecule has 1 aromatic heterocycles. The third-order valence-electron chi connectivity index (χ3n) is 3.82. The maximum Gasteiger partial charge on any atom is 0.316 e. The van der Waals surface area contributed by atoms with E-state index in [-0.39, 0.29) is 17.7 Å². The molecule has 1 aromatic rings. The number of halogens is 1. The van der Waals surface area contributed by atoms with Crippen molar-refractivity contribution in [3.05, 3.63) is 11.6 Å². The van der Waals surface area contributed by atoms with Gasteiger partial charge in [0.2, 0.25) is 5.82 Å². The molecular weight excluding hydrogens is 251 g/mol. The van der Waals surface area contributed by atoms with Gasteiger partial charge in [0.1, 0.15) is 0 Å². The predicted molar refractivity (Wildman–Crippen MR) is 64.0 cm³/mol. The maximum absolute atomic E-state index is 13.9. The molecule has 2 unspecified atom stereocenters. The summed E-state index contributed by atoms with van der Waals surface area (Å²) in [5.41, 5.74) is 0. The summed E-state index contributed by atoms with van der Waals surface area (Å²) in [7, 11) is 2.86. The van der Waals surface area contributed by atoms with E-state index >= 15 is 0 Å². The van der Waals surface area contributed by atoms with Gasteiger partial charge in [-0.3, -0.25) is 9.63 Å². The molecule has 0 aromatic carbocycles. The lowest BCUT2D eigenvalue weighted by Crippen LogP contribution is -2.26. The predicted octanol–water partition coefficient (Wildman–Crippen LogP) is 1.67. The van der Waals surface area contributed by atoms with Gasteiger partial charge in [-0.15, -0.1) is 5.10 Å². The van der Waals surface area contributed by atoms with Gasteiger partial charge in [0.15, 0.2) is 12.0 Å². The molecule has 3 rings (SSSR count). The van der Waals surface area contributed by atoms with E-state index in [2.05, 4.69) is 10.1 Å². The third-order valence-corrected chi connectivity index (χ3v) is 3.82. The molecule has 104 valence electrons. The Labute approximate surface area is 110 Å². The average molecular weight is 268 g/mol. The van der Waals surface area contributed by atoms with Gasteiger partial charge in [-0.2, -0.15) is 0 Å². The van der Waals surface area contributed by atoms with E-state index in [0.717, 1.165) is 11.5 Å². The Bertz CT molecular complexity index is 500. The number of fused-ring (bicyclic) bond motifs is 1. The second-order valence-corrected chi connectivity index (χ2v) is 5.26. The number of hydrogen-bond acceptors (Lipinski definition) is 4. The quantitative estimate of drug-likeness (QED) is 0.779. The van der Waals surface area contributed by atoms with Crippen LogP contribution in [0, 0.1) is 5.92 Å². The van der Waals surface area contributed by atoms with Crippen molar-refractivity contribution in [1.82, 2.24) is 19.8 Å². The number of rotatable bonds is 4. The van der Waals surface area contributed by atoms with Gasteiger partial charge in [-0.25, -0.2) is 19.1 Å². The summed E-state index contributed by atoms with van der Waals surface area (Å²) in [5.74, 6) is 0.510. The van der Waals surface area contributed by atoms with E-state index in [4.69, 9.17) is 4.84 Å². The molecule has 2 heterocycles. The molecule has 7 heteroatoms. The largest absolute Gasteiger partial charge is 0.316 e. The number of aromatic nitrogens is 3. The highest BCUT2D eigenvalue weighted by atomic mass is 19.1. The molecule has 0 bridgehead atoms. The zero-order chi connectivity index (χ0) is 13.6. The first-order chi connectivity index (χ1) is 9.10. The van der Waals surface area contributed by atoms with Crippen LogP contribution in [0.4, 0.5) is 4.39 Å². The number of alkyl halides is 1. The van der Waals surface area contributed by atoms with Gasteiger partial charge < -0.3 is 0 Å². The molecule has 2 atom stereocenters. The van der Waals surface area contributed by atoms with Crippen LogP contribution in [0.1, 0.15) is 54.3 Å². The van der Waals surface area contributed by atoms with Crippen LogP contribution < -0.4 is 0 Å². The van der Waals surface area contributed by atoms with Gasteiger partial charge in [0.25, 0.3) is 0 Å². The van der Waals surface area contributed by atoms with Gasteiger partial charge in [0, 0.05) is 13.5 Å². The molecule has 1 saturated carbocycles. The summed E-state index contributed by atoms with van der Waals surface area (Å²) in [6, 6.07) is 0.0411. The first-order valence-corrected chi connectivity index (χ1v) is 6.52. The highest BCUT2D eigenvalue weighted by molar-refractivity contribution is 5.89. The average Bonchev–Trinajstić information content (AvgIpc) is 3.02. The monoisotopic (exact) mass is 268 g/mol. The summed E-state index contributed by atoms with van der Waals surface area (Å²) in [6.45, 7) is 0. The second kappa shape index (κ2) is 4.56. The first kappa shape index (κ1) is 12.5. The molecule has 1 aliphatic carbocycles. The van der Waals surface area contributed by atoms with Gasteiger partial charge >= 0.3 is 5.91 Å². The number of nitrogens with zero attached hydrogens (tertiary/aromatic N) is 4. The minimum absolute atomic E-state index is 0.00231. The molecule has 19 heavy (non-hydrogen) atoms. The lowest BCUT2D eigenvalue weighted by molar-refractivity contribution is -0.0764. The summed E-state index contributed by atoms with van der Waals surface area (Å²) < 4.78 is 15.5. The van der Waals surface area contributed by atoms with Crippen LogP contribution in [0.3, 0.4) is 0 Å². The van der Waals surface area contributed by atoms with Crippen molar-refractivity contribution < 1.29 is 14.0 Å². The second-order valence-electron chi connectivity index (χ2n) is 5.26. The Hall–Kier alpha value is -1.50. The molecule has 0 saturated heterocycles. The Morgan fingerprint density at radius 3 is 2.95 bits per heavy atom. The van der Waals surface area contributed by atoms with Crippen molar-refractivity contribution in [2.24, 2.45) is 5.92 Å². The molecule has 1 fully saturated rings. The zero-order valence-corrected chi connectivity index (χ0v) is 11.0. The Kier molecular flexibility index (Phi) is 3.00. The summed E-state index contributed by atoms with van der Waals surface area (Å²) in [4.78, 5) is 20.7. The van der Waals surface area contributed by atoms with E-state index in [1.165, 1.54) is 27.0 Å². The Morgan fingerprint density at radius 1 is 1.58 bits per heavy atom. The standard InChI is InChI=1S/C12H17FN4O2/c1-16(19-2)12(18)10-14-11-9(13)6-8(17(11)15-10)5-7-3-4-7/h7-9H,3-6H2,1-2H3. The molecule has 0 radical (unpaired) electrons. The molecule has 0 N–H and O–H groups in total. The highest BCUT2D eigenvalue weighted by Crippen LogP contribution is 2.44. The number of hydrogen-bond donors (Lipinski definition) is 0. The van der Waals surface area contributed by atoms with Crippen LogP contribution >= 0.6 is 0 Å². The van der Waals surface area contributed by atoms with Crippen LogP contribution in [-0.4, -0.2) is 39.9 Å². The van der Waals surface area contributed by atoms with Crippen LogP contribution in [0.15, 0.2) is 0 Å². The number of amides is 1. The summed E-state index contributed by atoms with van der Waals surface area (Å²) >= 11 is 0. The fraction of sp³-hybridized carbons (Fsp3) is 0.750. The van der Waals surface area contributed by atoms with E-state index in [9.17, 15) is 9.18 Å². The van der Waals surface area contributed by atoms with Crippen molar-refractivity contribution >= 4 is 5.91 Å². The highest BCUT2D eigenvalue weighted by Gasteiger charge is 2.38. The van der Waals surface area contributed by atoms with Crippen LogP contribution in [0.5, 0.6) is 0 Å². The molecule has 6 nitrogen and oxygen atoms in total. The van der Waals surface area contributed by atoms with Gasteiger partial charge in [0.05, 0.1) is 13.2 Å². The smallest absolute Gasteiger partial charge is 0.274 e. The summed E-state index contributed by atoms with van der Waals surface area (Å²) in [5, 5.41) is 5.20. The van der Waals surface area contributed by atoms with Crippen LogP contribution in [0.25, 0.3) is 0 Å². The number of carbonyl (C=O) groups is 1. The van der Waals surface area contributed by atoms with Crippen molar-refractivity contribution in [3.63, 3.8) is 0 Å². The van der Waals surface area contributed by atoms with E-state index in [0.29, 0.717) is 12.3 Å². The van der Waals surface area contributed by atoms with Gasteiger partial charge in [-0.05, 0) is 12.3 Å². The molecular formula is C12H17FN4O2. The third kappa shape index (κ3) is 2.22. The molecule has 1 aliphatic heterocycles. The SMILES string of the molecule is CON(C)C(=O)c1nc2n(n1)C(CC1CC1)CC2F. The number of hydroxylamine groups is 2. The minimum atomic E-state index is -1.12. The molecule has 2 aliphatic rings. The van der Waals surface area contributed by atoms with Crippen molar-refractivity contribution in [3.8, 4) is 0 Å². The van der Waals surface area contributed by atoms with Crippen LogP contribution in [0.2, 0.25) is 0 Å². The van der Waals surface area contributed by atoms with Gasteiger partial charge in [-0.1, -0.05) is 12.8 Å². The molecule has 1 amide bonds. The van der Waals surface area contributed by atoms with Crippen LogP contribution in [-0.2, 0) is 4.84 Å². The lowest BCUT2D eigenvalue weighted by atomic mass is 10.1. The van der Waals surface area contributed by atoms with Crippen molar-refractivity contribution in [2.45, 2.75) is 37.9 Å². The van der Waals surface area contributed by atoms with Crippen molar-refractivity contribution in [1.29, 1.82) is 0 Å². The molecule has 0 spiro atoms. The van der Waals surface area contributed by atoms with E-state index in [1.807, 2.05) is 0 Å². The normalized spacial score (nSPS) is 25.4. The minimum Gasteiger partial charge on any atom is -0.274 e.